The Morgan fingerprint density at radius 2 is 2.27 bits per heavy atom. The van der Waals surface area contributed by atoms with Crippen molar-refractivity contribution in [2.24, 2.45) is 0 Å². The van der Waals surface area contributed by atoms with E-state index in [-0.39, 0.29) is 5.91 Å². The molecular weight excluding hydrogens is 278 g/mol. The summed E-state index contributed by atoms with van der Waals surface area (Å²) in [4.78, 5) is 27.1. The van der Waals surface area contributed by atoms with Crippen LogP contribution in [0.25, 0.3) is 0 Å². The molecule has 2 aromatic heterocycles. The van der Waals surface area contributed by atoms with Crippen molar-refractivity contribution >= 4 is 5.91 Å². The maximum absolute atomic E-state index is 12.6. The predicted octanol–water partition coefficient (Wildman–Crippen LogP) is 1.64. The Balaban J connectivity index is 1.65. The molecule has 1 amide bonds. The molecule has 0 aromatic carbocycles. The third kappa shape index (κ3) is 3.16. The van der Waals surface area contributed by atoms with Crippen LogP contribution in [-0.2, 0) is 17.8 Å². The Labute approximate surface area is 130 Å². The minimum absolute atomic E-state index is 0.159. The molecule has 22 heavy (non-hydrogen) atoms. The highest BCUT2D eigenvalue weighted by atomic mass is 16.2. The van der Waals surface area contributed by atoms with Gasteiger partial charge in [0.15, 0.2) is 0 Å². The third-order valence-corrected chi connectivity index (χ3v) is 4.22. The number of imidazole rings is 1. The van der Waals surface area contributed by atoms with Gasteiger partial charge < -0.3 is 9.47 Å². The molecule has 3 heterocycles. The van der Waals surface area contributed by atoms with Gasteiger partial charge in [-0.05, 0) is 18.9 Å². The lowest BCUT2D eigenvalue weighted by Crippen LogP contribution is -2.41. The van der Waals surface area contributed by atoms with Crippen LogP contribution in [0, 0.1) is 0 Å². The standard InChI is InChI=1S/C16H21N5O/c1-2-15-18-7-9-20(15)11-16(22)21-8-3-4-13(10-21)14-5-6-17-12-19-14/h5-7,9,12-13H,2-4,8,10-11H2,1H3. The van der Waals surface area contributed by atoms with Crippen LogP contribution in [0.2, 0.25) is 0 Å². The number of hydrogen-bond acceptors (Lipinski definition) is 4. The Kier molecular flexibility index (Phi) is 4.46. The van der Waals surface area contributed by atoms with E-state index in [0.29, 0.717) is 12.5 Å². The smallest absolute Gasteiger partial charge is 0.242 e. The van der Waals surface area contributed by atoms with Crippen molar-refractivity contribution in [2.45, 2.75) is 38.6 Å². The number of amides is 1. The van der Waals surface area contributed by atoms with Gasteiger partial charge in [0.05, 0.1) is 0 Å². The highest BCUT2D eigenvalue weighted by molar-refractivity contribution is 5.76. The number of carbonyl (C=O) groups is 1. The number of aromatic nitrogens is 4. The highest BCUT2D eigenvalue weighted by Gasteiger charge is 2.25. The summed E-state index contributed by atoms with van der Waals surface area (Å²) in [5, 5.41) is 0. The summed E-state index contributed by atoms with van der Waals surface area (Å²) < 4.78 is 1.94. The van der Waals surface area contributed by atoms with Crippen LogP contribution >= 0.6 is 0 Å². The van der Waals surface area contributed by atoms with E-state index in [1.54, 1.807) is 18.7 Å². The predicted molar refractivity (Wildman–Crippen MR) is 82.2 cm³/mol. The molecule has 3 rings (SSSR count). The topological polar surface area (TPSA) is 63.9 Å². The van der Waals surface area contributed by atoms with Crippen molar-refractivity contribution in [3.05, 3.63) is 42.5 Å². The fourth-order valence-electron chi connectivity index (χ4n) is 3.03. The van der Waals surface area contributed by atoms with E-state index in [1.807, 2.05) is 21.7 Å². The quantitative estimate of drug-likeness (QED) is 0.861. The first-order valence-corrected chi connectivity index (χ1v) is 7.81. The molecule has 1 fully saturated rings. The van der Waals surface area contributed by atoms with Crippen molar-refractivity contribution in [3.63, 3.8) is 0 Å². The van der Waals surface area contributed by atoms with Crippen LogP contribution in [0.15, 0.2) is 31.0 Å². The first-order valence-electron chi connectivity index (χ1n) is 7.81. The van der Waals surface area contributed by atoms with Gasteiger partial charge in [-0.15, -0.1) is 0 Å². The van der Waals surface area contributed by atoms with Gasteiger partial charge in [-0.25, -0.2) is 15.0 Å². The third-order valence-electron chi connectivity index (χ3n) is 4.22. The molecule has 1 atom stereocenters. The number of carbonyl (C=O) groups excluding carboxylic acids is 1. The van der Waals surface area contributed by atoms with Gasteiger partial charge in [-0.3, -0.25) is 4.79 Å². The lowest BCUT2D eigenvalue weighted by molar-refractivity contribution is -0.133. The van der Waals surface area contributed by atoms with E-state index in [1.165, 1.54) is 0 Å². The van der Waals surface area contributed by atoms with Crippen molar-refractivity contribution in [1.82, 2.24) is 24.4 Å². The summed E-state index contributed by atoms with van der Waals surface area (Å²) in [6, 6.07) is 1.95. The van der Waals surface area contributed by atoms with Gasteiger partial charge in [-0.2, -0.15) is 0 Å². The Morgan fingerprint density at radius 1 is 1.36 bits per heavy atom. The van der Waals surface area contributed by atoms with E-state index in [0.717, 1.165) is 43.9 Å². The van der Waals surface area contributed by atoms with Crippen LogP contribution < -0.4 is 0 Å². The molecule has 0 bridgehead atoms. The molecule has 0 aliphatic carbocycles. The number of aryl methyl sites for hydroxylation is 1. The first-order chi connectivity index (χ1) is 10.8. The largest absolute Gasteiger partial charge is 0.340 e. The average molecular weight is 299 g/mol. The zero-order valence-electron chi connectivity index (χ0n) is 12.9. The molecule has 0 N–H and O–H groups in total. The van der Waals surface area contributed by atoms with Crippen molar-refractivity contribution in [2.75, 3.05) is 13.1 Å². The fraction of sp³-hybridized carbons (Fsp3) is 0.500. The highest BCUT2D eigenvalue weighted by Crippen LogP contribution is 2.25. The molecule has 6 heteroatoms. The molecular formula is C16H21N5O. The molecule has 116 valence electrons. The second-order valence-corrected chi connectivity index (χ2v) is 5.64. The molecule has 0 radical (unpaired) electrons. The normalized spacial score (nSPS) is 18.4. The van der Waals surface area contributed by atoms with E-state index >= 15 is 0 Å². The second kappa shape index (κ2) is 6.68. The van der Waals surface area contributed by atoms with E-state index in [4.69, 9.17) is 0 Å². The molecule has 2 aromatic rings. The lowest BCUT2D eigenvalue weighted by atomic mass is 9.94. The van der Waals surface area contributed by atoms with Gasteiger partial charge in [0.1, 0.15) is 18.7 Å². The Hall–Kier alpha value is -2.24. The van der Waals surface area contributed by atoms with Crippen molar-refractivity contribution < 1.29 is 4.79 Å². The van der Waals surface area contributed by atoms with Crippen LogP contribution in [-0.4, -0.2) is 43.4 Å². The average Bonchev–Trinajstić information content (AvgIpc) is 3.03. The Morgan fingerprint density at radius 3 is 3.05 bits per heavy atom. The van der Waals surface area contributed by atoms with Crippen LogP contribution in [0.3, 0.4) is 0 Å². The minimum Gasteiger partial charge on any atom is -0.340 e. The minimum atomic E-state index is 0.159. The van der Waals surface area contributed by atoms with Gasteiger partial charge in [-0.1, -0.05) is 6.92 Å². The second-order valence-electron chi connectivity index (χ2n) is 5.64. The van der Waals surface area contributed by atoms with Gasteiger partial charge >= 0.3 is 0 Å². The molecule has 6 nitrogen and oxygen atoms in total. The van der Waals surface area contributed by atoms with E-state index in [9.17, 15) is 4.79 Å². The molecule has 1 saturated heterocycles. The van der Waals surface area contributed by atoms with Gasteiger partial charge in [0.2, 0.25) is 5.91 Å². The van der Waals surface area contributed by atoms with Gasteiger partial charge in [0, 0.05) is 49.7 Å². The SMILES string of the molecule is CCc1nccn1CC(=O)N1CCCC(c2ccncn2)C1. The van der Waals surface area contributed by atoms with Crippen molar-refractivity contribution in [1.29, 1.82) is 0 Å². The van der Waals surface area contributed by atoms with Gasteiger partial charge in [0.25, 0.3) is 0 Å². The summed E-state index contributed by atoms with van der Waals surface area (Å²) in [6.07, 6.45) is 9.91. The number of rotatable bonds is 4. The van der Waals surface area contributed by atoms with Crippen LogP contribution in [0.1, 0.15) is 37.2 Å². The van der Waals surface area contributed by atoms with E-state index in [2.05, 4.69) is 21.9 Å². The number of likely N-dealkylation sites (tertiary alicyclic amines) is 1. The molecule has 1 unspecified atom stereocenters. The molecule has 1 aliphatic rings. The number of piperidine rings is 1. The summed E-state index contributed by atoms with van der Waals surface area (Å²) in [5.74, 6) is 1.43. The van der Waals surface area contributed by atoms with Crippen molar-refractivity contribution in [3.8, 4) is 0 Å². The summed E-state index contributed by atoms with van der Waals surface area (Å²) in [6.45, 7) is 4.00. The summed E-state index contributed by atoms with van der Waals surface area (Å²) >= 11 is 0. The molecule has 0 saturated carbocycles. The summed E-state index contributed by atoms with van der Waals surface area (Å²) in [7, 11) is 0. The zero-order valence-corrected chi connectivity index (χ0v) is 12.9. The number of nitrogens with zero attached hydrogens (tertiary/aromatic N) is 5. The maximum Gasteiger partial charge on any atom is 0.242 e. The van der Waals surface area contributed by atoms with E-state index < -0.39 is 0 Å². The first kappa shape index (κ1) is 14.7. The fourth-order valence-corrected chi connectivity index (χ4v) is 3.03. The summed E-state index contributed by atoms with van der Waals surface area (Å²) in [5.41, 5.74) is 1.03. The molecule has 0 spiro atoms. The lowest BCUT2D eigenvalue weighted by Gasteiger charge is -2.32. The van der Waals surface area contributed by atoms with Crippen LogP contribution in [0.4, 0.5) is 0 Å². The maximum atomic E-state index is 12.6. The monoisotopic (exact) mass is 299 g/mol. The van der Waals surface area contributed by atoms with Crippen LogP contribution in [0.5, 0.6) is 0 Å². The zero-order chi connectivity index (χ0) is 15.4. The Bertz CT molecular complexity index is 624. The number of hydrogen-bond donors (Lipinski definition) is 0. The molecule has 1 aliphatic heterocycles.